The highest BCUT2D eigenvalue weighted by atomic mass is 19.1. The number of hydrogen-bond acceptors (Lipinski definition) is 7. The molecular weight excluding hydrogens is 599 g/mol. The molecule has 6 rings (SSSR count). The summed E-state index contributed by atoms with van der Waals surface area (Å²) in [5.74, 6) is -1.56. The van der Waals surface area contributed by atoms with Gasteiger partial charge in [-0.1, -0.05) is 44.5 Å². The molecule has 3 N–H and O–H groups in total. The molecule has 2 atom stereocenters. The van der Waals surface area contributed by atoms with Gasteiger partial charge in [0.2, 0.25) is 0 Å². The second-order valence-corrected chi connectivity index (χ2v) is 11.9. The van der Waals surface area contributed by atoms with Gasteiger partial charge in [0.1, 0.15) is 11.9 Å². The maximum Gasteiger partial charge on any atom is 0.420 e. The summed E-state index contributed by atoms with van der Waals surface area (Å²) in [7, 11) is 0. The summed E-state index contributed by atoms with van der Waals surface area (Å²) in [5.41, 5.74) is 11.3. The van der Waals surface area contributed by atoms with E-state index in [9.17, 15) is 18.8 Å². The molecule has 0 saturated heterocycles. The largest absolute Gasteiger partial charge is 0.420 e. The zero-order valence-electron chi connectivity index (χ0n) is 26.8. The molecular formula is C36H35FN6O4. The molecule has 1 aliphatic heterocycles. The second kappa shape index (κ2) is 13.4. The number of aromatic nitrogens is 3. The van der Waals surface area contributed by atoms with E-state index in [4.69, 9.17) is 20.4 Å². The van der Waals surface area contributed by atoms with Gasteiger partial charge in [-0.25, -0.2) is 9.18 Å². The first-order valence-corrected chi connectivity index (χ1v) is 15.3. The van der Waals surface area contributed by atoms with Crippen molar-refractivity contribution in [2.24, 2.45) is 11.7 Å². The number of oxazole rings is 1. The number of carbonyl (C=O) groups is 2. The number of amides is 2. The van der Waals surface area contributed by atoms with Crippen molar-refractivity contribution in [2.75, 3.05) is 0 Å². The number of carbonyl (C=O) groups excluding carboxylic acids is 2. The number of nitrogens with two attached hydrogens (primary N) is 1. The van der Waals surface area contributed by atoms with Crippen LogP contribution in [0.2, 0.25) is 0 Å². The molecule has 0 aliphatic carbocycles. The van der Waals surface area contributed by atoms with Gasteiger partial charge >= 0.3 is 5.76 Å². The lowest BCUT2D eigenvalue weighted by Crippen LogP contribution is -2.22. The Morgan fingerprint density at radius 2 is 1.85 bits per heavy atom. The van der Waals surface area contributed by atoms with Gasteiger partial charge in [-0.05, 0) is 74.6 Å². The Morgan fingerprint density at radius 3 is 2.43 bits per heavy atom. The first-order chi connectivity index (χ1) is 22.4. The molecule has 0 spiro atoms. The lowest BCUT2D eigenvalue weighted by molar-refractivity contribution is 0.0958. The second-order valence-electron chi connectivity index (χ2n) is 11.9. The van der Waals surface area contributed by atoms with E-state index < -0.39 is 17.7 Å². The van der Waals surface area contributed by atoms with Gasteiger partial charge < -0.3 is 15.5 Å². The first-order valence-electron chi connectivity index (χ1n) is 15.3. The minimum atomic E-state index is -0.680. The van der Waals surface area contributed by atoms with Crippen LogP contribution in [-0.2, 0) is 6.42 Å². The number of hydrogen-bond donors (Lipinski definition) is 2. The molecule has 3 aromatic heterocycles. The van der Waals surface area contributed by atoms with E-state index in [1.807, 2.05) is 40.7 Å². The molecule has 2 aromatic carbocycles. The summed E-state index contributed by atoms with van der Waals surface area (Å²) in [4.78, 5) is 48.0. The molecule has 5 aromatic rings. The van der Waals surface area contributed by atoms with Crippen LogP contribution in [0.3, 0.4) is 0 Å². The van der Waals surface area contributed by atoms with E-state index in [0.29, 0.717) is 63.3 Å². The number of nitriles is 1. The summed E-state index contributed by atoms with van der Waals surface area (Å²) >= 11 is 0. The number of nitrogens with one attached hydrogen (secondary N) is 1. The van der Waals surface area contributed by atoms with Crippen LogP contribution in [0.25, 0.3) is 22.2 Å². The maximum absolute atomic E-state index is 13.1. The van der Waals surface area contributed by atoms with Crippen molar-refractivity contribution in [1.82, 2.24) is 19.9 Å². The molecule has 0 bridgehead atoms. The standard InChI is InChI=1S/C29H28N6O4.C7H7F/c1-5-20(18-8-6-16(12-30)13-32-18)35-21-9-7-17(11-22(21)39-29(35)38)23-24(27(31)36)19(10-14(2)3)34-26-15(4)33-28(37)25(23)26;1-6-2-4-7(8)5-3-6/h6-9,11,13-15,20H,5,10H2,1-4H3,(H2,31,36)(H,33,37);2-5H,1H3. The number of primary amides is 1. The van der Waals surface area contributed by atoms with Crippen LogP contribution in [0.5, 0.6) is 0 Å². The zero-order valence-corrected chi connectivity index (χ0v) is 26.8. The molecule has 1 aliphatic rings. The summed E-state index contributed by atoms with van der Waals surface area (Å²) in [6.07, 6.45) is 2.53. The monoisotopic (exact) mass is 634 g/mol. The van der Waals surface area contributed by atoms with Crippen LogP contribution >= 0.6 is 0 Å². The minimum Gasteiger partial charge on any atom is -0.408 e. The Hall–Kier alpha value is -5.63. The number of rotatable bonds is 7. The highest BCUT2D eigenvalue weighted by molar-refractivity contribution is 6.11. The van der Waals surface area contributed by atoms with Crippen molar-refractivity contribution in [3.63, 3.8) is 0 Å². The fraction of sp³-hybridized carbons (Fsp3) is 0.278. The lowest BCUT2D eigenvalue weighted by atomic mass is 9.89. The van der Waals surface area contributed by atoms with Crippen LogP contribution in [0, 0.1) is 30.0 Å². The minimum absolute atomic E-state index is 0.171. The van der Waals surface area contributed by atoms with E-state index in [2.05, 4.69) is 10.3 Å². The third kappa shape index (κ3) is 6.53. The van der Waals surface area contributed by atoms with E-state index in [1.165, 1.54) is 22.9 Å². The fourth-order valence-corrected chi connectivity index (χ4v) is 5.84. The molecule has 240 valence electrons. The van der Waals surface area contributed by atoms with Gasteiger partial charge in [-0.15, -0.1) is 0 Å². The SMILES string of the molecule is CCC(c1ccc(C#N)cn1)n1c(=O)oc2cc(-c3c(C(N)=O)c(CC(C)C)nc4c3C(=O)NC4C)ccc21.Cc1ccc(F)cc1. The lowest BCUT2D eigenvalue weighted by Gasteiger charge is -2.18. The van der Waals surface area contributed by atoms with Gasteiger partial charge in [-0.2, -0.15) is 5.26 Å². The summed E-state index contributed by atoms with van der Waals surface area (Å²) in [6, 6.07) is 16.2. The fourth-order valence-electron chi connectivity index (χ4n) is 5.84. The van der Waals surface area contributed by atoms with Gasteiger partial charge in [0, 0.05) is 11.8 Å². The van der Waals surface area contributed by atoms with E-state index in [-0.39, 0.29) is 29.2 Å². The average Bonchev–Trinajstić information content (AvgIpc) is 3.51. The smallest absolute Gasteiger partial charge is 0.408 e. The number of pyridine rings is 2. The van der Waals surface area contributed by atoms with Crippen LogP contribution in [0.15, 0.2) is 70.0 Å². The number of aryl methyl sites for hydroxylation is 1. The van der Waals surface area contributed by atoms with Gasteiger partial charge in [0.05, 0.1) is 51.4 Å². The number of halogens is 1. The molecule has 0 saturated carbocycles. The van der Waals surface area contributed by atoms with Crippen LogP contribution in [0.4, 0.5) is 4.39 Å². The topological polar surface area (TPSA) is 157 Å². The Bertz CT molecular complexity index is 2050. The van der Waals surface area contributed by atoms with Crippen molar-refractivity contribution >= 4 is 22.9 Å². The normalized spacial score (nSPS) is 14.3. The Balaban J connectivity index is 0.000000474. The van der Waals surface area contributed by atoms with Crippen molar-refractivity contribution in [2.45, 2.75) is 59.5 Å². The maximum atomic E-state index is 13.1. The van der Waals surface area contributed by atoms with Crippen molar-refractivity contribution < 1.29 is 18.4 Å². The Kier molecular flexibility index (Phi) is 9.33. The molecule has 47 heavy (non-hydrogen) atoms. The van der Waals surface area contributed by atoms with Crippen molar-refractivity contribution in [3.05, 3.63) is 116 Å². The molecule has 11 heteroatoms. The number of benzene rings is 2. The molecule has 0 radical (unpaired) electrons. The number of nitrogens with zero attached hydrogens (tertiary/aromatic N) is 4. The molecule has 2 amide bonds. The highest BCUT2D eigenvalue weighted by Gasteiger charge is 2.35. The van der Waals surface area contributed by atoms with E-state index in [1.54, 1.807) is 42.5 Å². The first kappa shape index (κ1) is 32.8. The Morgan fingerprint density at radius 1 is 1.13 bits per heavy atom. The summed E-state index contributed by atoms with van der Waals surface area (Å²) in [5, 5.41) is 12.0. The highest BCUT2D eigenvalue weighted by Crippen LogP contribution is 2.38. The van der Waals surface area contributed by atoms with E-state index >= 15 is 0 Å². The molecule has 4 heterocycles. The van der Waals surface area contributed by atoms with Crippen molar-refractivity contribution in [1.29, 1.82) is 5.26 Å². The van der Waals surface area contributed by atoms with Crippen LogP contribution < -0.4 is 16.8 Å². The summed E-state index contributed by atoms with van der Waals surface area (Å²) < 4.78 is 19.3. The van der Waals surface area contributed by atoms with Gasteiger partial charge in [0.25, 0.3) is 11.8 Å². The van der Waals surface area contributed by atoms with Crippen LogP contribution in [-0.4, -0.2) is 26.3 Å². The Labute approximate surface area is 271 Å². The van der Waals surface area contributed by atoms with E-state index in [0.717, 1.165) is 5.56 Å². The summed E-state index contributed by atoms with van der Waals surface area (Å²) in [6.45, 7) is 9.73. The van der Waals surface area contributed by atoms with Gasteiger partial charge in [0.15, 0.2) is 5.58 Å². The zero-order chi connectivity index (χ0) is 34.0. The third-order valence-electron chi connectivity index (χ3n) is 8.00. The molecule has 0 fully saturated rings. The van der Waals surface area contributed by atoms with Crippen LogP contribution in [0.1, 0.15) is 95.1 Å². The predicted molar refractivity (Wildman–Crippen MR) is 175 cm³/mol. The average molecular weight is 635 g/mol. The third-order valence-corrected chi connectivity index (χ3v) is 8.00. The van der Waals surface area contributed by atoms with Crippen molar-refractivity contribution in [3.8, 4) is 17.2 Å². The number of fused-ring (bicyclic) bond motifs is 2. The quantitative estimate of drug-likeness (QED) is 0.217. The predicted octanol–water partition coefficient (Wildman–Crippen LogP) is 6.16. The molecule has 2 unspecified atom stereocenters. The molecule has 10 nitrogen and oxygen atoms in total. The van der Waals surface area contributed by atoms with Gasteiger partial charge in [-0.3, -0.25) is 24.1 Å².